The number of carbonyl (C=O) groups excluding carboxylic acids is 1. The van der Waals surface area contributed by atoms with Gasteiger partial charge in [0.05, 0.1) is 6.10 Å². The van der Waals surface area contributed by atoms with Gasteiger partial charge in [-0.1, -0.05) is 26.2 Å². The van der Waals surface area contributed by atoms with Crippen molar-refractivity contribution in [2.45, 2.75) is 52.1 Å². The third kappa shape index (κ3) is 7.02. The molecule has 0 aliphatic rings. The van der Waals surface area contributed by atoms with E-state index in [0.29, 0.717) is 0 Å². The van der Waals surface area contributed by atoms with E-state index in [0.717, 1.165) is 18.5 Å². The molecule has 0 heterocycles. The summed E-state index contributed by atoms with van der Waals surface area (Å²) in [5.74, 6) is -0.0418. The van der Waals surface area contributed by atoms with Gasteiger partial charge in [0, 0.05) is 5.69 Å². The lowest BCUT2D eigenvalue weighted by Gasteiger charge is -2.13. The number of phenols is 1. The molecule has 0 spiro atoms. The number of aromatic hydroxyl groups is 1. The molecule has 1 atom stereocenters. The van der Waals surface area contributed by atoms with Gasteiger partial charge >= 0.3 is 5.97 Å². The molecule has 0 amide bonds. The predicted molar refractivity (Wildman–Crippen MR) is 80.9 cm³/mol. The van der Waals surface area contributed by atoms with Gasteiger partial charge < -0.3 is 15.2 Å². The van der Waals surface area contributed by atoms with Crippen molar-refractivity contribution in [1.29, 1.82) is 0 Å². The zero-order chi connectivity index (χ0) is 14.8. The molecule has 0 aromatic heterocycles. The maximum Gasteiger partial charge on any atom is 0.325 e. The van der Waals surface area contributed by atoms with Crippen LogP contribution in [0.3, 0.4) is 0 Å². The lowest BCUT2D eigenvalue weighted by molar-refractivity contribution is -0.146. The third-order valence-electron chi connectivity index (χ3n) is 3.10. The fourth-order valence-corrected chi connectivity index (χ4v) is 1.94. The normalized spacial score (nSPS) is 11.9. The monoisotopic (exact) mass is 279 g/mol. The van der Waals surface area contributed by atoms with Crippen LogP contribution in [-0.4, -0.2) is 23.7 Å². The van der Waals surface area contributed by atoms with Crippen LogP contribution in [0.1, 0.15) is 46.0 Å². The highest BCUT2D eigenvalue weighted by Crippen LogP contribution is 2.13. The summed E-state index contributed by atoms with van der Waals surface area (Å²) in [6, 6.07) is 6.58. The fourth-order valence-electron chi connectivity index (χ4n) is 1.94. The van der Waals surface area contributed by atoms with Gasteiger partial charge in [-0.05, 0) is 44.0 Å². The lowest BCUT2D eigenvalue weighted by Crippen LogP contribution is -2.21. The van der Waals surface area contributed by atoms with Crippen molar-refractivity contribution in [1.82, 2.24) is 0 Å². The van der Waals surface area contributed by atoms with Crippen molar-refractivity contribution in [3.05, 3.63) is 24.3 Å². The lowest BCUT2D eigenvalue weighted by atomic mass is 10.1. The number of benzene rings is 1. The molecule has 0 aliphatic carbocycles. The Labute approximate surface area is 121 Å². The van der Waals surface area contributed by atoms with E-state index in [-0.39, 0.29) is 24.4 Å². The highest BCUT2D eigenvalue weighted by atomic mass is 16.5. The molecule has 2 N–H and O–H groups in total. The second-order valence-corrected chi connectivity index (χ2v) is 5.05. The van der Waals surface area contributed by atoms with Gasteiger partial charge in [-0.2, -0.15) is 0 Å². The van der Waals surface area contributed by atoms with E-state index < -0.39 is 0 Å². The Morgan fingerprint density at radius 3 is 2.60 bits per heavy atom. The minimum Gasteiger partial charge on any atom is -0.508 e. The number of ether oxygens (including phenoxy) is 1. The van der Waals surface area contributed by atoms with Crippen molar-refractivity contribution in [3.8, 4) is 5.75 Å². The maximum atomic E-state index is 11.6. The minimum atomic E-state index is -0.249. The van der Waals surface area contributed by atoms with Crippen molar-refractivity contribution in [2.75, 3.05) is 11.9 Å². The first kappa shape index (κ1) is 16.3. The topological polar surface area (TPSA) is 58.6 Å². The molecule has 20 heavy (non-hydrogen) atoms. The zero-order valence-corrected chi connectivity index (χ0v) is 12.4. The van der Waals surface area contributed by atoms with Crippen molar-refractivity contribution < 1.29 is 14.6 Å². The standard InChI is InChI=1S/C16H25NO3/c1-3-4-5-6-7-13(2)20-16(19)12-17-14-8-10-15(18)11-9-14/h8-11,13,17-18H,3-7,12H2,1-2H3. The molecule has 0 radical (unpaired) electrons. The fraction of sp³-hybridized carbons (Fsp3) is 0.562. The molecule has 1 unspecified atom stereocenters. The van der Waals surface area contributed by atoms with E-state index in [1.807, 2.05) is 6.92 Å². The van der Waals surface area contributed by atoms with Crippen molar-refractivity contribution in [2.24, 2.45) is 0 Å². The van der Waals surface area contributed by atoms with E-state index in [2.05, 4.69) is 12.2 Å². The van der Waals surface area contributed by atoms with E-state index in [1.54, 1.807) is 24.3 Å². The summed E-state index contributed by atoms with van der Waals surface area (Å²) < 4.78 is 5.33. The van der Waals surface area contributed by atoms with Crippen LogP contribution in [0.15, 0.2) is 24.3 Å². The summed E-state index contributed by atoms with van der Waals surface area (Å²) >= 11 is 0. The maximum absolute atomic E-state index is 11.6. The molecule has 0 bridgehead atoms. The number of hydrogen-bond donors (Lipinski definition) is 2. The Bertz CT molecular complexity index is 389. The second-order valence-electron chi connectivity index (χ2n) is 5.05. The molecule has 1 aromatic carbocycles. The SMILES string of the molecule is CCCCCCC(C)OC(=O)CNc1ccc(O)cc1. The number of phenolic OH excluding ortho intramolecular Hbond substituents is 1. The first-order chi connectivity index (χ1) is 9.61. The molecular formula is C16H25NO3. The van der Waals surface area contributed by atoms with E-state index in [1.165, 1.54) is 19.3 Å². The van der Waals surface area contributed by atoms with Crippen LogP contribution in [-0.2, 0) is 9.53 Å². The quantitative estimate of drug-likeness (QED) is 0.411. The molecule has 4 heteroatoms. The molecule has 112 valence electrons. The molecule has 1 rings (SSSR count). The van der Waals surface area contributed by atoms with Gasteiger partial charge in [-0.3, -0.25) is 4.79 Å². The molecule has 0 fully saturated rings. The molecule has 4 nitrogen and oxygen atoms in total. The smallest absolute Gasteiger partial charge is 0.325 e. The summed E-state index contributed by atoms with van der Waals surface area (Å²) in [6.07, 6.45) is 5.65. The van der Waals surface area contributed by atoms with E-state index in [4.69, 9.17) is 9.84 Å². The number of anilines is 1. The average molecular weight is 279 g/mol. The van der Waals surface area contributed by atoms with Crippen LogP contribution in [0.5, 0.6) is 5.75 Å². The van der Waals surface area contributed by atoms with Gasteiger partial charge in [-0.25, -0.2) is 0 Å². The first-order valence-corrected chi connectivity index (χ1v) is 7.34. The van der Waals surface area contributed by atoms with Gasteiger partial charge in [0.1, 0.15) is 12.3 Å². The number of unbranched alkanes of at least 4 members (excludes halogenated alkanes) is 3. The Balaban J connectivity index is 2.17. The molecule has 0 aliphatic heterocycles. The van der Waals surface area contributed by atoms with Crippen molar-refractivity contribution >= 4 is 11.7 Å². The summed E-state index contributed by atoms with van der Waals surface area (Å²) in [5, 5.41) is 12.1. The Morgan fingerprint density at radius 1 is 1.25 bits per heavy atom. The number of esters is 1. The molecule has 0 saturated heterocycles. The predicted octanol–water partition coefficient (Wildman–Crippen LogP) is 3.71. The van der Waals surface area contributed by atoms with Crippen LogP contribution in [0.25, 0.3) is 0 Å². The largest absolute Gasteiger partial charge is 0.508 e. The molecule has 0 saturated carbocycles. The Kier molecular flexibility index (Phi) is 7.55. The number of carbonyl (C=O) groups is 1. The molecule has 1 aromatic rings. The minimum absolute atomic E-state index is 0.0269. The van der Waals surface area contributed by atoms with Crippen LogP contribution in [0, 0.1) is 0 Å². The second kappa shape index (κ2) is 9.23. The van der Waals surface area contributed by atoms with Crippen molar-refractivity contribution in [3.63, 3.8) is 0 Å². The highest BCUT2D eigenvalue weighted by molar-refractivity contribution is 5.75. The van der Waals surface area contributed by atoms with Crippen LogP contribution < -0.4 is 5.32 Å². The van der Waals surface area contributed by atoms with E-state index >= 15 is 0 Å². The Morgan fingerprint density at radius 2 is 1.95 bits per heavy atom. The van der Waals surface area contributed by atoms with Gasteiger partial charge in [0.15, 0.2) is 0 Å². The summed E-state index contributed by atoms with van der Waals surface area (Å²) in [6.45, 7) is 4.26. The van der Waals surface area contributed by atoms with Crippen LogP contribution >= 0.6 is 0 Å². The molecular weight excluding hydrogens is 254 g/mol. The summed E-state index contributed by atoms with van der Waals surface area (Å²) in [4.78, 5) is 11.6. The first-order valence-electron chi connectivity index (χ1n) is 7.34. The average Bonchev–Trinajstić information content (AvgIpc) is 2.43. The number of rotatable bonds is 9. The third-order valence-corrected chi connectivity index (χ3v) is 3.10. The van der Waals surface area contributed by atoms with Gasteiger partial charge in [0.25, 0.3) is 0 Å². The van der Waals surface area contributed by atoms with Gasteiger partial charge in [0.2, 0.25) is 0 Å². The van der Waals surface area contributed by atoms with Crippen LogP contribution in [0.4, 0.5) is 5.69 Å². The zero-order valence-electron chi connectivity index (χ0n) is 12.4. The number of nitrogens with one attached hydrogen (secondary N) is 1. The highest BCUT2D eigenvalue weighted by Gasteiger charge is 2.09. The summed E-state index contributed by atoms with van der Waals surface area (Å²) in [7, 11) is 0. The van der Waals surface area contributed by atoms with Crippen LogP contribution in [0.2, 0.25) is 0 Å². The van der Waals surface area contributed by atoms with Gasteiger partial charge in [-0.15, -0.1) is 0 Å². The summed E-state index contributed by atoms with van der Waals surface area (Å²) in [5.41, 5.74) is 0.787. The van der Waals surface area contributed by atoms with E-state index in [9.17, 15) is 4.79 Å². The number of hydrogen-bond acceptors (Lipinski definition) is 4. The Hall–Kier alpha value is -1.71.